The largest absolute Gasteiger partial charge is 0.281 e. The maximum absolute atomic E-state index is 12.9. The van der Waals surface area contributed by atoms with Crippen LogP contribution in [-0.2, 0) is 22.3 Å². The van der Waals surface area contributed by atoms with Gasteiger partial charge in [0.1, 0.15) is 0 Å². The highest BCUT2D eigenvalue weighted by Gasteiger charge is 2.37. The molecule has 0 saturated heterocycles. The van der Waals surface area contributed by atoms with Gasteiger partial charge in [0.05, 0.1) is 5.88 Å². The lowest BCUT2D eigenvalue weighted by molar-refractivity contribution is 0.327. The summed E-state index contributed by atoms with van der Waals surface area (Å²) in [6.45, 7) is 4.17. The van der Waals surface area contributed by atoms with E-state index in [-0.39, 0.29) is 16.9 Å². The lowest BCUT2D eigenvalue weighted by atomic mass is 10.0. The van der Waals surface area contributed by atoms with Crippen molar-refractivity contribution in [3.8, 4) is 0 Å². The summed E-state index contributed by atoms with van der Waals surface area (Å²) >= 11 is 7.57. The molecule has 1 N–H and O–H groups in total. The van der Waals surface area contributed by atoms with Crippen LogP contribution in [0.25, 0.3) is 0 Å². The molecule has 21 heavy (non-hydrogen) atoms. The molecule has 2 aromatic heterocycles. The van der Waals surface area contributed by atoms with Gasteiger partial charge in [0.2, 0.25) is 0 Å². The third-order valence-corrected chi connectivity index (χ3v) is 7.15. The Balaban J connectivity index is 2.03. The van der Waals surface area contributed by atoms with Crippen molar-refractivity contribution in [3.63, 3.8) is 0 Å². The summed E-state index contributed by atoms with van der Waals surface area (Å²) in [7, 11) is -3.64. The Kier molecular flexibility index (Phi) is 3.85. The van der Waals surface area contributed by atoms with Crippen LogP contribution < -0.4 is 0 Å². The lowest BCUT2D eigenvalue weighted by Gasteiger charge is -2.32. The number of nitrogens with one attached hydrogen (secondary N) is 1. The fourth-order valence-electron chi connectivity index (χ4n) is 2.73. The highest BCUT2D eigenvalue weighted by atomic mass is 35.5. The van der Waals surface area contributed by atoms with E-state index >= 15 is 0 Å². The van der Waals surface area contributed by atoms with Gasteiger partial charge in [-0.15, -0.1) is 22.9 Å². The van der Waals surface area contributed by atoms with Gasteiger partial charge in [0.15, 0.2) is 5.03 Å². The Hall–Kier alpha value is -0.890. The highest BCUT2D eigenvalue weighted by Crippen LogP contribution is 2.36. The van der Waals surface area contributed by atoms with E-state index in [1.54, 1.807) is 18.3 Å². The third kappa shape index (κ3) is 2.32. The maximum atomic E-state index is 12.9. The van der Waals surface area contributed by atoms with Crippen molar-refractivity contribution >= 4 is 33.0 Å². The number of rotatable bonds is 3. The number of thiophene rings is 1. The minimum absolute atomic E-state index is 0.0560. The van der Waals surface area contributed by atoms with Crippen LogP contribution in [0, 0.1) is 6.92 Å². The Morgan fingerprint density at radius 3 is 3.05 bits per heavy atom. The average molecular weight is 346 g/mol. The molecule has 1 unspecified atom stereocenters. The molecule has 5 nitrogen and oxygen atoms in total. The number of aromatic amines is 1. The minimum atomic E-state index is -3.64. The zero-order valence-electron chi connectivity index (χ0n) is 11.8. The molecule has 0 aliphatic carbocycles. The van der Waals surface area contributed by atoms with E-state index < -0.39 is 10.0 Å². The van der Waals surface area contributed by atoms with E-state index in [4.69, 9.17) is 11.6 Å². The molecule has 1 aliphatic heterocycles. The number of aryl methyl sites for hydroxylation is 1. The van der Waals surface area contributed by atoms with Crippen LogP contribution in [0.1, 0.15) is 34.7 Å². The van der Waals surface area contributed by atoms with Crippen LogP contribution in [0.15, 0.2) is 16.5 Å². The molecule has 3 rings (SSSR count). The fraction of sp³-hybridized carbons (Fsp3) is 0.462. The van der Waals surface area contributed by atoms with Crippen LogP contribution in [0.5, 0.6) is 0 Å². The number of sulfonamides is 1. The average Bonchev–Trinajstić information content (AvgIpc) is 3.05. The zero-order chi connectivity index (χ0) is 15.2. The molecule has 114 valence electrons. The standard InChI is InChI=1S/C13H16ClN3O2S2/c1-8-11(7-14)13(16-15-8)21(18,19)17-5-3-12-10(9(17)2)4-6-20-12/h4,6,9H,3,5,7H2,1-2H3,(H,15,16). The Bertz CT molecular complexity index is 766. The van der Waals surface area contributed by atoms with Gasteiger partial charge in [0, 0.05) is 28.7 Å². The fourth-order valence-corrected chi connectivity index (χ4v) is 5.88. The number of fused-ring (bicyclic) bond motifs is 1. The van der Waals surface area contributed by atoms with Crippen LogP contribution in [0.2, 0.25) is 0 Å². The summed E-state index contributed by atoms with van der Waals surface area (Å²) in [6.07, 6.45) is 0.746. The summed E-state index contributed by atoms with van der Waals surface area (Å²) in [5.74, 6) is 0.128. The Labute approximate surface area is 133 Å². The maximum Gasteiger partial charge on any atom is 0.263 e. The molecule has 0 radical (unpaired) electrons. The first-order valence-electron chi connectivity index (χ1n) is 6.64. The minimum Gasteiger partial charge on any atom is -0.281 e. The molecule has 8 heteroatoms. The number of hydrogen-bond donors (Lipinski definition) is 1. The molecule has 1 atom stereocenters. The molecule has 0 aromatic carbocycles. The van der Waals surface area contributed by atoms with Crippen LogP contribution in [0.4, 0.5) is 0 Å². The molecular formula is C13H16ClN3O2S2. The number of H-pyrrole nitrogens is 1. The van der Waals surface area contributed by atoms with Gasteiger partial charge in [-0.1, -0.05) is 0 Å². The first-order valence-corrected chi connectivity index (χ1v) is 9.50. The van der Waals surface area contributed by atoms with Crippen LogP contribution >= 0.6 is 22.9 Å². The van der Waals surface area contributed by atoms with Crippen molar-refractivity contribution in [3.05, 3.63) is 33.1 Å². The van der Waals surface area contributed by atoms with Crippen molar-refractivity contribution < 1.29 is 8.42 Å². The topological polar surface area (TPSA) is 66.1 Å². The number of hydrogen-bond acceptors (Lipinski definition) is 4. The summed E-state index contributed by atoms with van der Waals surface area (Å²) in [5, 5.41) is 8.77. The van der Waals surface area contributed by atoms with Gasteiger partial charge in [0.25, 0.3) is 10.0 Å². The van der Waals surface area contributed by atoms with E-state index in [9.17, 15) is 8.42 Å². The van der Waals surface area contributed by atoms with Crippen LogP contribution in [0.3, 0.4) is 0 Å². The summed E-state index contributed by atoms with van der Waals surface area (Å²) in [6, 6.07) is 1.83. The Morgan fingerprint density at radius 1 is 1.57 bits per heavy atom. The van der Waals surface area contributed by atoms with Gasteiger partial charge < -0.3 is 0 Å². The molecule has 0 fully saturated rings. The monoisotopic (exact) mass is 345 g/mol. The predicted octanol–water partition coefficient (Wildman–Crippen LogP) is 2.83. The third-order valence-electron chi connectivity index (χ3n) is 3.94. The van der Waals surface area contributed by atoms with Crippen molar-refractivity contribution in [2.45, 2.75) is 37.2 Å². The van der Waals surface area contributed by atoms with E-state index in [2.05, 4.69) is 10.2 Å². The zero-order valence-corrected chi connectivity index (χ0v) is 14.1. The smallest absolute Gasteiger partial charge is 0.263 e. The molecule has 0 bridgehead atoms. The molecule has 3 heterocycles. The van der Waals surface area contributed by atoms with Gasteiger partial charge in [-0.05, 0) is 37.3 Å². The second kappa shape index (κ2) is 5.39. The Morgan fingerprint density at radius 2 is 2.33 bits per heavy atom. The molecule has 0 spiro atoms. The van der Waals surface area contributed by atoms with Gasteiger partial charge in [-0.3, -0.25) is 5.10 Å². The van der Waals surface area contributed by atoms with Crippen LogP contribution in [-0.4, -0.2) is 29.5 Å². The molecule has 1 aliphatic rings. The molecule has 2 aromatic rings. The van der Waals surface area contributed by atoms with E-state index in [1.807, 2.05) is 18.4 Å². The van der Waals surface area contributed by atoms with Crippen molar-refractivity contribution in [2.24, 2.45) is 0 Å². The van der Waals surface area contributed by atoms with Crippen molar-refractivity contribution in [2.75, 3.05) is 6.54 Å². The normalized spacial score (nSPS) is 19.7. The van der Waals surface area contributed by atoms with E-state index in [0.29, 0.717) is 17.8 Å². The first kappa shape index (κ1) is 15.0. The molecule has 0 amide bonds. The van der Waals surface area contributed by atoms with Gasteiger partial charge in [-0.25, -0.2) is 8.42 Å². The van der Waals surface area contributed by atoms with E-state index in [1.165, 1.54) is 9.18 Å². The van der Waals surface area contributed by atoms with E-state index in [0.717, 1.165) is 12.0 Å². The summed E-state index contributed by atoms with van der Waals surface area (Å²) in [4.78, 5) is 1.27. The SMILES string of the molecule is Cc1[nH]nc(S(=O)(=O)N2CCc3sccc3C2C)c1CCl. The van der Waals surface area contributed by atoms with Gasteiger partial charge in [-0.2, -0.15) is 9.40 Å². The highest BCUT2D eigenvalue weighted by molar-refractivity contribution is 7.89. The quantitative estimate of drug-likeness (QED) is 0.870. The predicted molar refractivity (Wildman–Crippen MR) is 83.2 cm³/mol. The molecular weight excluding hydrogens is 330 g/mol. The summed E-state index contributed by atoms with van der Waals surface area (Å²) in [5.41, 5.74) is 2.35. The molecule has 0 saturated carbocycles. The van der Waals surface area contributed by atoms with Crippen molar-refractivity contribution in [1.82, 2.24) is 14.5 Å². The number of halogens is 1. The second-order valence-electron chi connectivity index (χ2n) is 5.11. The van der Waals surface area contributed by atoms with Crippen molar-refractivity contribution in [1.29, 1.82) is 0 Å². The van der Waals surface area contributed by atoms with Gasteiger partial charge >= 0.3 is 0 Å². The number of nitrogens with zero attached hydrogens (tertiary/aromatic N) is 2. The number of aromatic nitrogens is 2. The lowest BCUT2D eigenvalue weighted by Crippen LogP contribution is -2.38. The first-order chi connectivity index (χ1) is 9.96. The summed E-state index contributed by atoms with van der Waals surface area (Å²) < 4.78 is 27.3. The second-order valence-corrected chi connectivity index (χ2v) is 8.18. The number of alkyl halides is 1.